The van der Waals surface area contributed by atoms with Crippen LogP contribution in [0.25, 0.3) is 11.5 Å². The molecular weight excluding hydrogens is 280 g/mol. The number of nitrogens with two attached hydrogens (primary N) is 1. The third-order valence-electron chi connectivity index (χ3n) is 3.95. The summed E-state index contributed by atoms with van der Waals surface area (Å²) in [7, 11) is 1.60. The van der Waals surface area contributed by atoms with Gasteiger partial charge in [0, 0.05) is 13.2 Å². The Kier molecular flexibility index (Phi) is 3.36. The molecule has 0 saturated heterocycles. The van der Waals surface area contributed by atoms with Gasteiger partial charge in [-0.1, -0.05) is 5.16 Å². The molecule has 0 atom stereocenters. The van der Waals surface area contributed by atoms with Crippen molar-refractivity contribution in [3.63, 3.8) is 0 Å². The van der Waals surface area contributed by atoms with Gasteiger partial charge in [0.15, 0.2) is 0 Å². The van der Waals surface area contributed by atoms with Crippen LogP contribution in [0.5, 0.6) is 0 Å². The third kappa shape index (κ3) is 2.27. The number of nitrogens with zero attached hydrogens (tertiary/aromatic N) is 2. The smallest absolute Gasteiger partial charge is 0.261 e. The Morgan fingerprint density at radius 1 is 1.24 bits per heavy atom. The van der Waals surface area contributed by atoms with Crippen LogP contribution in [0.1, 0.15) is 31.5 Å². The Morgan fingerprint density at radius 2 is 1.95 bits per heavy atom. The van der Waals surface area contributed by atoms with E-state index in [1.54, 1.807) is 7.11 Å². The minimum atomic E-state index is -0.819. The topological polar surface area (TPSA) is 74.2 Å². The van der Waals surface area contributed by atoms with Crippen molar-refractivity contribution < 1.29 is 18.0 Å². The molecule has 7 heteroatoms. The molecule has 1 saturated carbocycles. The maximum Gasteiger partial charge on any atom is 0.261 e. The molecule has 5 nitrogen and oxygen atoms in total. The maximum atomic E-state index is 13.8. The molecule has 0 bridgehead atoms. The van der Waals surface area contributed by atoms with Crippen LogP contribution in [-0.2, 0) is 10.3 Å². The SMILES string of the molecule is COC1(c2noc(-c3cc(N)c(F)cc3F)n2)CCCC1. The highest BCUT2D eigenvalue weighted by Gasteiger charge is 2.40. The molecule has 0 amide bonds. The Balaban J connectivity index is 2.01. The van der Waals surface area contributed by atoms with Gasteiger partial charge in [-0.2, -0.15) is 4.98 Å². The predicted octanol–water partition coefficient (Wildman–Crippen LogP) is 3.01. The molecule has 1 aromatic heterocycles. The lowest BCUT2D eigenvalue weighted by molar-refractivity contribution is -0.0178. The lowest BCUT2D eigenvalue weighted by Gasteiger charge is -2.22. The third-order valence-corrected chi connectivity index (χ3v) is 3.95. The summed E-state index contributed by atoms with van der Waals surface area (Å²) in [5.41, 5.74) is 4.68. The molecule has 0 radical (unpaired) electrons. The van der Waals surface area contributed by atoms with Gasteiger partial charge in [-0.25, -0.2) is 8.78 Å². The van der Waals surface area contributed by atoms with Gasteiger partial charge in [-0.3, -0.25) is 0 Å². The van der Waals surface area contributed by atoms with Crippen molar-refractivity contribution in [3.8, 4) is 11.5 Å². The van der Waals surface area contributed by atoms with Crippen LogP contribution in [0.2, 0.25) is 0 Å². The second kappa shape index (κ2) is 5.07. The Morgan fingerprint density at radius 3 is 2.62 bits per heavy atom. The zero-order chi connectivity index (χ0) is 15.0. The van der Waals surface area contributed by atoms with Crippen LogP contribution in [0.3, 0.4) is 0 Å². The van der Waals surface area contributed by atoms with Crippen LogP contribution in [0.15, 0.2) is 16.7 Å². The number of anilines is 1. The van der Waals surface area contributed by atoms with Crippen molar-refractivity contribution in [3.05, 3.63) is 29.6 Å². The summed E-state index contributed by atoms with van der Waals surface area (Å²) < 4.78 is 37.7. The Labute approximate surface area is 120 Å². The fraction of sp³-hybridized carbons (Fsp3) is 0.429. The molecule has 0 aliphatic heterocycles. The van der Waals surface area contributed by atoms with Crippen molar-refractivity contribution in [2.24, 2.45) is 0 Å². The quantitative estimate of drug-likeness (QED) is 0.881. The number of rotatable bonds is 3. The summed E-state index contributed by atoms with van der Waals surface area (Å²) in [4.78, 5) is 4.22. The van der Waals surface area contributed by atoms with E-state index < -0.39 is 17.2 Å². The second-order valence-corrected chi connectivity index (χ2v) is 5.18. The van der Waals surface area contributed by atoms with Crippen LogP contribution < -0.4 is 5.73 Å². The normalized spacial score (nSPS) is 17.3. The molecule has 2 N–H and O–H groups in total. The number of hydrogen-bond acceptors (Lipinski definition) is 5. The highest BCUT2D eigenvalue weighted by atomic mass is 19.1. The van der Waals surface area contributed by atoms with Crippen molar-refractivity contribution in [2.75, 3.05) is 12.8 Å². The summed E-state index contributed by atoms with van der Waals surface area (Å²) in [5.74, 6) is -1.26. The summed E-state index contributed by atoms with van der Waals surface area (Å²) in [5, 5.41) is 3.90. The highest BCUT2D eigenvalue weighted by Crippen LogP contribution is 2.40. The largest absolute Gasteiger partial charge is 0.396 e. The van der Waals surface area contributed by atoms with E-state index in [1.807, 2.05) is 0 Å². The van der Waals surface area contributed by atoms with Crippen LogP contribution >= 0.6 is 0 Å². The minimum absolute atomic E-state index is 0.0168. The van der Waals surface area contributed by atoms with E-state index >= 15 is 0 Å². The van der Waals surface area contributed by atoms with E-state index in [0.717, 1.165) is 31.7 Å². The van der Waals surface area contributed by atoms with Gasteiger partial charge in [0.2, 0.25) is 5.82 Å². The number of ether oxygens (including phenoxy) is 1. The fourth-order valence-electron chi connectivity index (χ4n) is 2.71. The molecule has 3 rings (SSSR count). The van der Waals surface area contributed by atoms with Crippen molar-refractivity contribution in [1.82, 2.24) is 10.1 Å². The van der Waals surface area contributed by atoms with Crippen LogP contribution in [0, 0.1) is 11.6 Å². The molecule has 0 spiro atoms. The van der Waals surface area contributed by atoms with Crippen LogP contribution in [-0.4, -0.2) is 17.3 Å². The summed E-state index contributed by atoms with van der Waals surface area (Å²) in [6.45, 7) is 0. The predicted molar refractivity (Wildman–Crippen MR) is 71.2 cm³/mol. The number of benzene rings is 1. The number of methoxy groups -OCH3 is 1. The number of halogens is 2. The molecule has 0 unspecified atom stereocenters. The first-order valence-electron chi connectivity index (χ1n) is 6.70. The molecule has 1 heterocycles. The van der Waals surface area contributed by atoms with Gasteiger partial charge in [-0.05, 0) is 31.7 Å². The summed E-state index contributed by atoms with van der Waals surface area (Å²) >= 11 is 0. The van der Waals surface area contributed by atoms with E-state index in [0.29, 0.717) is 11.9 Å². The Hall–Kier alpha value is -2.02. The zero-order valence-electron chi connectivity index (χ0n) is 11.5. The van der Waals surface area contributed by atoms with E-state index in [9.17, 15) is 8.78 Å². The zero-order valence-corrected chi connectivity index (χ0v) is 11.5. The van der Waals surface area contributed by atoms with Gasteiger partial charge >= 0.3 is 0 Å². The average Bonchev–Trinajstić information content (AvgIpc) is 3.12. The van der Waals surface area contributed by atoms with Gasteiger partial charge in [-0.15, -0.1) is 0 Å². The first kappa shape index (κ1) is 13.9. The van der Waals surface area contributed by atoms with Gasteiger partial charge in [0.05, 0.1) is 11.3 Å². The summed E-state index contributed by atoms with van der Waals surface area (Å²) in [6.07, 6.45) is 3.60. The Bertz CT molecular complexity index is 666. The minimum Gasteiger partial charge on any atom is -0.396 e. The van der Waals surface area contributed by atoms with Crippen molar-refractivity contribution in [2.45, 2.75) is 31.3 Å². The number of aromatic nitrogens is 2. The standard InChI is InChI=1S/C14H15F2N3O2/c1-20-14(4-2-3-5-14)13-18-12(21-19-13)8-6-11(17)10(16)7-9(8)15/h6-7H,2-5,17H2,1H3. The fourth-order valence-corrected chi connectivity index (χ4v) is 2.71. The van der Waals surface area contributed by atoms with Gasteiger partial charge in [0.1, 0.15) is 17.2 Å². The lowest BCUT2D eigenvalue weighted by Crippen LogP contribution is -2.25. The van der Waals surface area contributed by atoms with E-state index in [1.165, 1.54) is 0 Å². The van der Waals surface area contributed by atoms with Crippen molar-refractivity contribution >= 4 is 5.69 Å². The lowest BCUT2D eigenvalue weighted by atomic mass is 10.0. The number of nitrogen functional groups attached to an aromatic ring is 1. The molecule has 1 aliphatic carbocycles. The first-order valence-corrected chi connectivity index (χ1v) is 6.70. The second-order valence-electron chi connectivity index (χ2n) is 5.18. The van der Waals surface area contributed by atoms with E-state index in [4.69, 9.17) is 15.0 Å². The number of hydrogen-bond donors (Lipinski definition) is 1. The molecular formula is C14H15F2N3O2. The van der Waals surface area contributed by atoms with E-state index in [-0.39, 0.29) is 17.1 Å². The molecule has 1 aromatic carbocycles. The maximum absolute atomic E-state index is 13.8. The molecule has 2 aromatic rings. The molecule has 21 heavy (non-hydrogen) atoms. The molecule has 1 fully saturated rings. The molecule has 1 aliphatic rings. The molecule has 112 valence electrons. The van der Waals surface area contributed by atoms with Crippen molar-refractivity contribution in [1.29, 1.82) is 0 Å². The first-order chi connectivity index (χ1) is 10.1. The summed E-state index contributed by atoms with van der Waals surface area (Å²) in [6, 6.07) is 1.85. The average molecular weight is 295 g/mol. The highest BCUT2D eigenvalue weighted by molar-refractivity contribution is 5.61. The monoisotopic (exact) mass is 295 g/mol. The van der Waals surface area contributed by atoms with Gasteiger partial charge in [0.25, 0.3) is 5.89 Å². The van der Waals surface area contributed by atoms with Crippen LogP contribution in [0.4, 0.5) is 14.5 Å². The van der Waals surface area contributed by atoms with E-state index in [2.05, 4.69) is 10.1 Å². The van der Waals surface area contributed by atoms with Gasteiger partial charge < -0.3 is 15.0 Å².